The number of imidazole rings is 1. The van der Waals surface area contributed by atoms with Gasteiger partial charge in [0, 0.05) is 38.2 Å². The number of halogens is 5. The van der Waals surface area contributed by atoms with Gasteiger partial charge in [0.2, 0.25) is 11.8 Å². The van der Waals surface area contributed by atoms with Crippen LogP contribution in [0.2, 0.25) is 0 Å². The predicted octanol–water partition coefficient (Wildman–Crippen LogP) is 4.47. The number of nitrogens with zero attached hydrogens (tertiary/aromatic N) is 4. The normalized spacial score (nSPS) is 16.2. The summed E-state index contributed by atoms with van der Waals surface area (Å²) < 4.78 is 69.0. The van der Waals surface area contributed by atoms with Gasteiger partial charge in [0.05, 0.1) is 29.6 Å². The summed E-state index contributed by atoms with van der Waals surface area (Å²) in [6.45, 7) is 2.73. The Kier molecular flexibility index (Phi) is 7.04. The SMILES string of the molecule is CC(=O)N1CCCC(c2cn(-c3ncc(NC(=O)Cc4cccc(C(F)(F)F)c4F)cc3F)cn2)C1. The van der Waals surface area contributed by atoms with Crippen LogP contribution in [0.5, 0.6) is 0 Å². The summed E-state index contributed by atoms with van der Waals surface area (Å²) in [5.41, 5.74) is -1.25. The summed E-state index contributed by atoms with van der Waals surface area (Å²) in [4.78, 5) is 34.0. The van der Waals surface area contributed by atoms with Gasteiger partial charge in [-0.15, -0.1) is 0 Å². The monoisotopic (exact) mass is 507 g/mol. The number of pyridine rings is 1. The lowest BCUT2D eigenvalue weighted by atomic mass is 9.95. The Hall–Kier alpha value is -3.83. The first-order valence-electron chi connectivity index (χ1n) is 11.1. The second kappa shape index (κ2) is 10.0. The van der Waals surface area contributed by atoms with Crippen LogP contribution in [0.15, 0.2) is 43.0 Å². The van der Waals surface area contributed by atoms with Crippen molar-refractivity contribution in [1.29, 1.82) is 0 Å². The minimum absolute atomic E-state index is 0.0136. The van der Waals surface area contributed by atoms with Gasteiger partial charge in [-0.3, -0.25) is 14.2 Å². The van der Waals surface area contributed by atoms with Crippen LogP contribution >= 0.6 is 0 Å². The molecule has 190 valence electrons. The number of amides is 2. The number of alkyl halides is 3. The Morgan fingerprint density at radius 3 is 2.67 bits per heavy atom. The third-order valence-corrected chi connectivity index (χ3v) is 5.97. The molecular formula is C24H22F5N5O2. The zero-order valence-electron chi connectivity index (χ0n) is 19.1. The van der Waals surface area contributed by atoms with Gasteiger partial charge in [0.1, 0.15) is 12.1 Å². The second-order valence-electron chi connectivity index (χ2n) is 8.54. The minimum Gasteiger partial charge on any atom is -0.342 e. The number of benzene rings is 1. The van der Waals surface area contributed by atoms with Gasteiger partial charge in [0.25, 0.3) is 0 Å². The van der Waals surface area contributed by atoms with Crippen LogP contribution in [0, 0.1) is 11.6 Å². The first-order chi connectivity index (χ1) is 17.0. The van der Waals surface area contributed by atoms with Crippen LogP contribution in [-0.4, -0.2) is 44.3 Å². The predicted molar refractivity (Wildman–Crippen MR) is 119 cm³/mol. The quantitative estimate of drug-likeness (QED) is 0.517. The summed E-state index contributed by atoms with van der Waals surface area (Å²) in [7, 11) is 0. The Labute approximate surface area is 203 Å². The van der Waals surface area contributed by atoms with Crippen LogP contribution in [0.1, 0.15) is 42.5 Å². The highest BCUT2D eigenvalue weighted by Gasteiger charge is 2.35. The van der Waals surface area contributed by atoms with Crippen molar-refractivity contribution in [3.8, 4) is 5.82 Å². The van der Waals surface area contributed by atoms with Crippen molar-refractivity contribution < 1.29 is 31.5 Å². The van der Waals surface area contributed by atoms with E-state index in [2.05, 4.69) is 15.3 Å². The van der Waals surface area contributed by atoms with Crippen molar-refractivity contribution in [2.45, 2.75) is 38.3 Å². The van der Waals surface area contributed by atoms with Crippen LogP contribution in [0.25, 0.3) is 5.82 Å². The number of anilines is 1. The summed E-state index contributed by atoms with van der Waals surface area (Å²) in [5.74, 6) is -3.22. The molecule has 1 aliphatic heterocycles. The maximum absolute atomic E-state index is 14.8. The van der Waals surface area contributed by atoms with Crippen LogP contribution in [0.4, 0.5) is 27.6 Å². The molecule has 7 nitrogen and oxygen atoms in total. The minimum atomic E-state index is -4.89. The van der Waals surface area contributed by atoms with Crippen molar-refractivity contribution >= 4 is 17.5 Å². The molecule has 0 spiro atoms. The molecule has 2 aromatic heterocycles. The van der Waals surface area contributed by atoms with E-state index < -0.39 is 41.3 Å². The van der Waals surface area contributed by atoms with E-state index in [4.69, 9.17) is 0 Å². The topological polar surface area (TPSA) is 80.1 Å². The first kappa shape index (κ1) is 25.3. The number of carbonyl (C=O) groups is 2. The van der Waals surface area contributed by atoms with E-state index in [9.17, 15) is 31.5 Å². The van der Waals surface area contributed by atoms with E-state index in [1.54, 1.807) is 11.1 Å². The summed E-state index contributed by atoms with van der Waals surface area (Å²) >= 11 is 0. The average molecular weight is 507 g/mol. The lowest BCUT2D eigenvalue weighted by Gasteiger charge is -2.31. The number of aromatic nitrogens is 3. The Morgan fingerprint density at radius 1 is 1.19 bits per heavy atom. The fourth-order valence-corrected chi connectivity index (χ4v) is 4.17. The summed E-state index contributed by atoms with van der Waals surface area (Å²) in [5, 5.41) is 2.32. The average Bonchev–Trinajstić information content (AvgIpc) is 3.30. The maximum atomic E-state index is 14.8. The maximum Gasteiger partial charge on any atom is 0.419 e. The number of likely N-dealkylation sites (tertiary alicyclic amines) is 1. The molecule has 1 aromatic carbocycles. The molecule has 3 heterocycles. The number of rotatable bonds is 5. The number of hydrogen-bond donors (Lipinski definition) is 1. The van der Waals surface area contributed by atoms with E-state index >= 15 is 0 Å². The van der Waals surface area contributed by atoms with Gasteiger partial charge < -0.3 is 10.2 Å². The summed E-state index contributed by atoms with van der Waals surface area (Å²) in [6.07, 6.45) is 0.322. The van der Waals surface area contributed by atoms with E-state index in [1.165, 1.54) is 24.0 Å². The Bertz CT molecular complexity index is 1290. The fraction of sp³-hybridized carbons (Fsp3) is 0.333. The second-order valence-corrected chi connectivity index (χ2v) is 8.54. The first-order valence-corrected chi connectivity index (χ1v) is 11.1. The van der Waals surface area contributed by atoms with Crippen molar-refractivity contribution in [3.05, 3.63) is 71.4 Å². The van der Waals surface area contributed by atoms with Gasteiger partial charge in [-0.25, -0.2) is 18.7 Å². The number of carbonyl (C=O) groups excluding carboxylic acids is 2. The highest BCUT2D eigenvalue weighted by atomic mass is 19.4. The summed E-state index contributed by atoms with van der Waals surface area (Å²) in [6, 6.07) is 3.67. The molecule has 1 fully saturated rings. The molecule has 0 radical (unpaired) electrons. The molecule has 1 atom stereocenters. The number of piperidine rings is 1. The third kappa shape index (κ3) is 5.52. The largest absolute Gasteiger partial charge is 0.419 e. The van der Waals surface area contributed by atoms with Crippen LogP contribution < -0.4 is 5.32 Å². The van der Waals surface area contributed by atoms with Gasteiger partial charge in [-0.05, 0) is 24.5 Å². The molecule has 1 saturated heterocycles. The molecule has 3 aromatic rings. The molecule has 2 amide bonds. The zero-order chi connectivity index (χ0) is 26.0. The van der Waals surface area contributed by atoms with E-state index in [0.717, 1.165) is 31.0 Å². The smallest absolute Gasteiger partial charge is 0.342 e. The molecule has 1 unspecified atom stereocenters. The van der Waals surface area contributed by atoms with E-state index in [0.29, 0.717) is 24.8 Å². The molecule has 4 rings (SSSR count). The molecule has 36 heavy (non-hydrogen) atoms. The van der Waals surface area contributed by atoms with Crippen LogP contribution in [0.3, 0.4) is 0 Å². The van der Waals surface area contributed by atoms with Gasteiger partial charge in [-0.1, -0.05) is 12.1 Å². The number of hydrogen-bond acceptors (Lipinski definition) is 4. The van der Waals surface area contributed by atoms with Gasteiger partial charge in [0.15, 0.2) is 11.6 Å². The molecule has 0 aliphatic carbocycles. The van der Waals surface area contributed by atoms with Gasteiger partial charge >= 0.3 is 6.18 Å². The third-order valence-electron chi connectivity index (χ3n) is 5.97. The van der Waals surface area contributed by atoms with Gasteiger partial charge in [-0.2, -0.15) is 13.2 Å². The lowest BCUT2D eigenvalue weighted by molar-refractivity contribution is -0.140. The van der Waals surface area contributed by atoms with E-state index in [1.807, 2.05) is 0 Å². The zero-order valence-corrected chi connectivity index (χ0v) is 19.1. The highest BCUT2D eigenvalue weighted by molar-refractivity contribution is 5.92. The van der Waals surface area contributed by atoms with Crippen LogP contribution in [-0.2, 0) is 22.2 Å². The molecule has 12 heteroatoms. The Morgan fingerprint density at radius 2 is 1.97 bits per heavy atom. The molecular weight excluding hydrogens is 485 g/mol. The van der Waals surface area contributed by atoms with E-state index in [-0.39, 0.29) is 23.3 Å². The number of nitrogens with one attached hydrogen (secondary N) is 1. The molecule has 0 saturated carbocycles. The van der Waals surface area contributed by atoms with Crippen molar-refractivity contribution in [3.63, 3.8) is 0 Å². The van der Waals surface area contributed by atoms with Crippen molar-refractivity contribution in [2.75, 3.05) is 18.4 Å². The standard InChI is InChI=1S/C24H22F5N5O2/c1-14(35)33-7-3-5-16(11-33)20-12-34(13-31-20)23-19(25)9-17(10-30-23)32-21(36)8-15-4-2-6-18(22(15)26)24(27,28)29/h2,4,6,9-10,12-13,16H,3,5,7-8,11H2,1H3,(H,32,36). The molecule has 1 N–H and O–H groups in total. The molecule has 1 aliphatic rings. The lowest BCUT2D eigenvalue weighted by Crippen LogP contribution is -2.37. The highest BCUT2D eigenvalue weighted by Crippen LogP contribution is 2.32. The fourth-order valence-electron chi connectivity index (χ4n) is 4.17. The Balaban J connectivity index is 1.44. The van der Waals surface area contributed by atoms with Crippen molar-refractivity contribution in [1.82, 2.24) is 19.4 Å². The van der Waals surface area contributed by atoms with Crippen molar-refractivity contribution in [2.24, 2.45) is 0 Å². The molecule has 0 bridgehead atoms.